The Hall–Kier alpha value is -2.82. The average Bonchev–Trinajstić information content (AvgIpc) is 2.61. The van der Waals surface area contributed by atoms with Crippen LogP contribution in [0.1, 0.15) is 21.5 Å². The van der Waals surface area contributed by atoms with Crippen molar-refractivity contribution in [2.45, 2.75) is 12.8 Å². The van der Waals surface area contributed by atoms with Crippen molar-refractivity contribution in [2.75, 3.05) is 19.7 Å². The molecule has 24 heavy (non-hydrogen) atoms. The van der Waals surface area contributed by atoms with E-state index in [1.54, 1.807) is 18.2 Å². The van der Waals surface area contributed by atoms with E-state index < -0.39 is 0 Å². The molecular formula is C19H20N2O3. The summed E-state index contributed by atoms with van der Waals surface area (Å²) in [6.45, 7) is 1.11. The third kappa shape index (κ3) is 3.93. The van der Waals surface area contributed by atoms with E-state index in [0.717, 1.165) is 12.0 Å². The van der Waals surface area contributed by atoms with Gasteiger partial charge in [-0.1, -0.05) is 36.4 Å². The molecule has 2 aromatic carbocycles. The van der Waals surface area contributed by atoms with Gasteiger partial charge in [-0.15, -0.1) is 0 Å². The zero-order valence-corrected chi connectivity index (χ0v) is 13.4. The van der Waals surface area contributed by atoms with Gasteiger partial charge in [-0.05, 0) is 30.5 Å². The molecule has 1 aliphatic rings. The van der Waals surface area contributed by atoms with Gasteiger partial charge >= 0.3 is 0 Å². The molecule has 0 saturated carbocycles. The van der Waals surface area contributed by atoms with Gasteiger partial charge in [-0.3, -0.25) is 9.59 Å². The lowest BCUT2D eigenvalue weighted by Gasteiger charge is -2.19. The summed E-state index contributed by atoms with van der Waals surface area (Å²) in [5.74, 6) is 0.360. The molecular weight excluding hydrogens is 304 g/mol. The SMILES string of the molecule is O=C(COc1cccc2c1CCNC2=O)NCCc1ccccc1. The molecule has 3 rings (SSSR count). The van der Waals surface area contributed by atoms with Crippen LogP contribution in [0.15, 0.2) is 48.5 Å². The Morgan fingerprint density at radius 3 is 2.79 bits per heavy atom. The zero-order chi connectivity index (χ0) is 16.8. The number of rotatable bonds is 6. The molecule has 0 atom stereocenters. The van der Waals surface area contributed by atoms with Crippen LogP contribution in [0.5, 0.6) is 5.75 Å². The number of benzene rings is 2. The second-order valence-corrected chi connectivity index (χ2v) is 5.66. The summed E-state index contributed by atoms with van der Waals surface area (Å²) in [7, 11) is 0. The number of amides is 2. The third-order valence-corrected chi connectivity index (χ3v) is 3.98. The molecule has 0 fully saturated rings. The van der Waals surface area contributed by atoms with E-state index in [0.29, 0.717) is 30.8 Å². The minimum absolute atomic E-state index is 0.0487. The monoisotopic (exact) mass is 324 g/mol. The van der Waals surface area contributed by atoms with Crippen LogP contribution in [0.25, 0.3) is 0 Å². The molecule has 2 aromatic rings. The first-order chi connectivity index (χ1) is 11.7. The smallest absolute Gasteiger partial charge is 0.257 e. The van der Waals surface area contributed by atoms with Gasteiger partial charge in [0.15, 0.2) is 6.61 Å². The molecule has 0 spiro atoms. The summed E-state index contributed by atoms with van der Waals surface area (Å²) in [5, 5.41) is 5.65. The third-order valence-electron chi connectivity index (χ3n) is 3.98. The molecule has 0 aromatic heterocycles. The maximum absolute atomic E-state index is 11.9. The fraction of sp³-hybridized carbons (Fsp3) is 0.263. The van der Waals surface area contributed by atoms with Crippen LogP contribution in [0, 0.1) is 0 Å². The predicted molar refractivity (Wildman–Crippen MR) is 91.1 cm³/mol. The Bertz CT molecular complexity index is 729. The standard InChI is InChI=1S/C19H20N2O3/c22-18(20-11-9-14-5-2-1-3-6-14)13-24-17-8-4-7-16-15(17)10-12-21-19(16)23/h1-8H,9-13H2,(H,20,22)(H,21,23). The number of hydrogen-bond acceptors (Lipinski definition) is 3. The quantitative estimate of drug-likeness (QED) is 0.850. The van der Waals surface area contributed by atoms with Crippen LogP contribution in [-0.4, -0.2) is 31.5 Å². The molecule has 1 heterocycles. The lowest BCUT2D eigenvalue weighted by atomic mass is 9.99. The molecule has 2 amide bonds. The van der Waals surface area contributed by atoms with Crippen LogP contribution >= 0.6 is 0 Å². The Morgan fingerprint density at radius 1 is 1.12 bits per heavy atom. The van der Waals surface area contributed by atoms with E-state index in [4.69, 9.17) is 4.74 Å². The van der Waals surface area contributed by atoms with Crippen LogP contribution in [0.3, 0.4) is 0 Å². The van der Waals surface area contributed by atoms with Crippen LogP contribution in [0.2, 0.25) is 0 Å². The summed E-state index contributed by atoms with van der Waals surface area (Å²) in [4.78, 5) is 23.7. The minimum Gasteiger partial charge on any atom is -0.483 e. The van der Waals surface area contributed by atoms with Gasteiger partial charge in [0.25, 0.3) is 11.8 Å². The van der Waals surface area contributed by atoms with Crippen LogP contribution in [0.4, 0.5) is 0 Å². The van der Waals surface area contributed by atoms with E-state index in [2.05, 4.69) is 10.6 Å². The van der Waals surface area contributed by atoms with Crippen molar-refractivity contribution in [3.8, 4) is 5.75 Å². The van der Waals surface area contributed by atoms with Gasteiger partial charge in [0.2, 0.25) is 0 Å². The molecule has 0 unspecified atom stereocenters. The van der Waals surface area contributed by atoms with Crippen molar-refractivity contribution in [3.05, 3.63) is 65.2 Å². The minimum atomic E-state index is -0.163. The van der Waals surface area contributed by atoms with Crippen molar-refractivity contribution in [1.82, 2.24) is 10.6 Å². The first kappa shape index (κ1) is 16.1. The fourth-order valence-electron chi connectivity index (χ4n) is 2.75. The molecule has 0 bridgehead atoms. The van der Waals surface area contributed by atoms with E-state index in [9.17, 15) is 9.59 Å². The van der Waals surface area contributed by atoms with E-state index in [1.807, 2.05) is 30.3 Å². The van der Waals surface area contributed by atoms with Crippen molar-refractivity contribution in [3.63, 3.8) is 0 Å². The van der Waals surface area contributed by atoms with Crippen molar-refractivity contribution in [2.24, 2.45) is 0 Å². The molecule has 5 nitrogen and oxygen atoms in total. The summed E-state index contributed by atoms with van der Waals surface area (Å²) in [6.07, 6.45) is 1.50. The second-order valence-electron chi connectivity index (χ2n) is 5.66. The Balaban J connectivity index is 1.50. The molecule has 1 aliphatic heterocycles. The number of carbonyl (C=O) groups is 2. The zero-order valence-electron chi connectivity index (χ0n) is 13.4. The van der Waals surface area contributed by atoms with Gasteiger partial charge in [0.1, 0.15) is 5.75 Å². The first-order valence-corrected chi connectivity index (χ1v) is 8.07. The number of fused-ring (bicyclic) bond motifs is 1. The molecule has 5 heteroatoms. The number of ether oxygens (including phenoxy) is 1. The number of hydrogen-bond donors (Lipinski definition) is 2. The molecule has 0 radical (unpaired) electrons. The summed E-state index contributed by atoms with van der Waals surface area (Å²) in [6, 6.07) is 15.3. The first-order valence-electron chi connectivity index (χ1n) is 8.07. The van der Waals surface area contributed by atoms with Crippen LogP contribution in [-0.2, 0) is 17.6 Å². The normalized spacial score (nSPS) is 12.9. The Labute approximate surface area is 141 Å². The summed E-state index contributed by atoms with van der Waals surface area (Å²) in [5.41, 5.74) is 2.68. The summed E-state index contributed by atoms with van der Waals surface area (Å²) < 4.78 is 5.63. The highest BCUT2D eigenvalue weighted by atomic mass is 16.5. The fourth-order valence-corrected chi connectivity index (χ4v) is 2.75. The topological polar surface area (TPSA) is 67.4 Å². The highest BCUT2D eigenvalue weighted by Gasteiger charge is 2.20. The molecule has 0 aliphatic carbocycles. The summed E-state index contributed by atoms with van der Waals surface area (Å²) >= 11 is 0. The van der Waals surface area contributed by atoms with Gasteiger partial charge in [-0.2, -0.15) is 0 Å². The lowest BCUT2D eigenvalue weighted by molar-refractivity contribution is -0.123. The maximum Gasteiger partial charge on any atom is 0.257 e. The molecule has 2 N–H and O–H groups in total. The number of carbonyl (C=O) groups excluding carboxylic acids is 2. The molecule has 0 saturated heterocycles. The van der Waals surface area contributed by atoms with Crippen molar-refractivity contribution >= 4 is 11.8 Å². The predicted octanol–water partition coefficient (Wildman–Crippen LogP) is 1.71. The van der Waals surface area contributed by atoms with E-state index in [-0.39, 0.29) is 18.4 Å². The second kappa shape index (κ2) is 7.64. The van der Waals surface area contributed by atoms with Gasteiger partial charge in [0.05, 0.1) is 0 Å². The highest BCUT2D eigenvalue weighted by molar-refractivity contribution is 5.97. The van der Waals surface area contributed by atoms with Crippen molar-refractivity contribution in [1.29, 1.82) is 0 Å². The lowest BCUT2D eigenvalue weighted by Crippen LogP contribution is -2.33. The maximum atomic E-state index is 11.9. The Morgan fingerprint density at radius 2 is 1.96 bits per heavy atom. The van der Waals surface area contributed by atoms with Gasteiger partial charge in [-0.25, -0.2) is 0 Å². The van der Waals surface area contributed by atoms with E-state index in [1.165, 1.54) is 5.56 Å². The molecule has 124 valence electrons. The average molecular weight is 324 g/mol. The van der Waals surface area contributed by atoms with Crippen molar-refractivity contribution < 1.29 is 14.3 Å². The highest BCUT2D eigenvalue weighted by Crippen LogP contribution is 2.25. The van der Waals surface area contributed by atoms with Gasteiger partial charge < -0.3 is 15.4 Å². The number of nitrogens with one attached hydrogen (secondary N) is 2. The van der Waals surface area contributed by atoms with E-state index >= 15 is 0 Å². The van der Waals surface area contributed by atoms with Crippen LogP contribution < -0.4 is 15.4 Å². The van der Waals surface area contributed by atoms with Gasteiger partial charge in [0, 0.05) is 24.2 Å². The largest absolute Gasteiger partial charge is 0.483 e. The Kier molecular flexibility index (Phi) is 5.11.